The van der Waals surface area contributed by atoms with Gasteiger partial charge in [0.25, 0.3) is 0 Å². The topological polar surface area (TPSA) is 29.3 Å². The molecule has 0 aromatic heterocycles. The Balaban J connectivity index is 1.99. The van der Waals surface area contributed by atoms with E-state index in [4.69, 9.17) is 5.73 Å². The number of likely N-dealkylation sites (tertiary alicyclic amines) is 1. The smallest absolute Gasteiger partial charge is 0.127 e. The Hall–Kier alpha value is -0.930. The summed E-state index contributed by atoms with van der Waals surface area (Å²) in [7, 11) is 0. The van der Waals surface area contributed by atoms with E-state index in [1.807, 2.05) is 12.1 Å². The van der Waals surface area contributed by atoms with Crippen LogP contribution in [-0.4, -0.2) is 24.0 Å². The molecular formula is C17H27FN2. The lowest BCUT2D eigenvalue weighted by atomic mass is 9.80. The Morgan fingerprint density at radius 1 is 1.25 bits per heavy atom. The van der Waals surface area contributed by atoms with E-state index in [-0.39, 0.29) is 11.9 Å². The van der Waals surface area contributed by atoms with Gasteiger partial charge in [-0.15, -0.1) is 0 Å². The third kappa shape index (κ3) is 4.57. The van der Waals surface area contributed by atoms with Crippen molar-refractivity contribution in [2.45, 2.75) is 46.2 Å². The van der Waals surface area contributed by atoms with Gasteiger partial charge >= 0.3 is 0 Å². The van der Waals surface area contributed by atoms with E-state index < -0.39 is 0 Å². The summed E-state index contributed by atoms with van der Waals surface area (Å²) in [5, 5.41) is 0. The van der Waals surface area contributed by atoms with Gasteiger partial charge in [0, 0.05) is 31.2 Å². The second-order valence-corrected chi connectivity index (χ2v) is 7.41. The molecule has 112 valence electrons. The van der Waals surface area contributed by atoms with Crippen molar-refractivity contribution in [2.75, 3.05) is 13.1 Å². The molecule has 1 heterocycles. The van der Waals surface area contributed by atoms with Gasteiger partial charge in [-0.1, -0.05) is 39.0 Å². The molecule has 2 atom stereocenters. The lowest BCUT2D eigenvalue weighted by Crippen LogP contribution is -2.47. The van der Waals surface area contributed by atoms with Crippen molar-refractivity contribution in [3.63, 3.8) is 0 Å². The van der Waals surface area contributed by atoms with E-state index in [9.17, 15) is 4.39 Å². The zero-order chi connectivity index (χ0) is 14.8. The molecule has 0 saturated carbocycles. The molecule has 1 aliphatic rings. The molecule has 0 radical (unpaired) electrons. The highest BCUT2D eigenvalue weighted by Gasteiger charge is 2.28. The lowest BCUT2D eigenvalue weighted by Gasteiger charge is -2.38. The molecule has 1 aromatic carbocycles. The van der Waals surface area contributed by atoms with Crippen LogP contribution in [0.5, 0.6) is 0 Å². The van der Waals surface area contributed by atoms with Crippen LogP contribution in [0.4, 0.5) is 4.39 Å². The molecule has 1 aromatic rings. The monoisotopic (exact) mass is 278 g/mol. The number of halogens is 1. The van der Waals surface area contributed by atoms with Crippen LogP contribution in [0, 0.1) is 17.2 Å². The van der Waals surface area contributed by atoms with Gasteiger partial charge in [-0.2, -0.15) is 0 Å². The van der Waals surface area contributed by atoms with Gasteiger partial charge in [0.15, 0.2) is 0 Å². The average Bonchev–Trinajstić information content (AvgIpc) is 2.29. The number of hydrogen-bond acceptors (Lipinski definition) is 2. The van der Waals surface area contributed by atoms with E-state index in [1.54, 1.807) is 6.07 Å². The average molecular weight is 278 g/mol. The molecule has 0 amide bonds. The zero-order valence-corrected chi connectivity index (χ0v) is 12.9. The molecule has 2 nitrogen and oxygen atoms in total. The van der Waals surface area contributed by atoms with Crippen LogP contribution in [-0.2, 0) is 6.54 Å². The lowest BCUT2D eigenvalue weighted by molar-refractivity contribution is 0.120. The van der Waals surface area contributed by atoms with Gasteiger partial charge in [-0.05, 0) is 30.2 Å². The third-order valence-corrected chi connectivity index (χ3v) is 3.90. The summed E-state index contributed by atoms with van der Waals surface area (Å²) in [5.41, 5.74) is 7.29. The normalized spacial score (nSPS) is 24.9. The summed E-state index contributed by atoms with van der Waals surface area (Å²) in [5.74, 6) is 0.504. The van der Waals surface area contributed by atoms with Gasteiger partial charge in [0.1, 0.15) is 5.82 Å². The highest BCUT2D eigenvalue weighted by molar-refractivity contribution is 5.17. The minimum absolute atomic E-state index is 0.112. The van der Waals surface area contributed by atoms with Crippen molar-refractivity contribution >= 4 is 0 Å². The standard InChI is InChI=1S/C17H27FN2/c1-17(2,3)9-13-8-15(19)12-20(10-13)11-14-6-4-5-7-16(14)18/h4-7,13,15H,8-12,19H2,1-3H3. The maximum Gasteiger partial charge on any atom is 0.127 e. The van der Waals surface area contributed by atoms with Crippen molar-refractivity contribution in [3.8, 4) is 0 Å². The molecule has 2 unspecified atom stereocenters. The fourth-order valence-electron chi connectivity index (χ4n) is 3.36. The molecular weight excluding hydrogens is 251 g/mol. The molecule has 0 spiro atoms. The van der Waals surface area contributed by atoms with Crippen LogP contribution in [0.25, 0.3) is 0 Å². The van der Waals surface area contributed by atoms with Crippen LogP contribution >= 0.6 is 0 Å². The minimum Gasteiger partial charge on any atom is -0.327 e. The SMILES string of the molecule is CC(C)(C)CC1CC(N)CN(Cc2ccccc2F)C1. The minimum atomic E-state index is -0.112. The number of nitrogens with zero attached hydrogens (tertiary/aromatic N) is 1. The Labute approximate surface area is 122 Å². The van der Waals surface area contributed by atoms with E-state index in [2.05, 4.69) is 25.7 Å². The molecule has 20 heavy (non-hydrogen) atoms. The van der Waals surface area contributed by atoms with Crippen molar-refractivity contribution in [3.05, 3.63) is 35.6 Å². The molecule has 1 fully saturated rings. The van der Waals surface area contributed by atoms with E-state index in [0.717, 1.165) is 25.1 Å². The molecule has 0 bridgehead atoms. The first-order chi connectivity index (χ1) is 9.33. The maximum atomic E-state index is 13.8. The van der Waals surface area contributed by atoms with E-state index >= 15 is 0 Å². The Morgan fingerprint density at radius 3 is 2.60 bits per heavy atom. The first-order valence-corrected chi connectivity index (χ1v) is 7.55. The highest BCUT2D eigenvalue weighted by Crippen LogP contribution is 2.30. The Morgan fingerprint density at radius 2 is 1.95 bits per heavy atom. The summed E-state index contributed by atoms with van der Waals surface area (Å²) in [6, 6.07) is 7.25. The van der Waals surface area contributed by atoms with Crippen LogP contribution < -0.4 is 5.73 Å². The predicted octanol–water partition coefficient (Wildman–Crippen LogP) is 3.41. The molecule has 1 aliphatic heterocycles. The summed E-state index contributed by atoms with van der Waals surface area (Å²) >= 11 is 0. The number of benzene rings is 1. The zero-order valence-electron chi connectivity index (χ0n) is 12.9. The third-order valence-electron chi connectivity index (χ3n) is 3.90. The van der Waals surface area contributed by atoms with Crippen molar-refractivity contribution < 1.29 is 4.39 Å². The van der Waals surface area contributed by atoms with Crippen LogP contribution in [0.1, 0.15) is 39.2 Å². The first-order valence-electron chi connectivity index (χ1n) is 7.55. The van der Waals surface area contributed by atoms with Gasteiger partial charge < -0.3 is 5.73 Å². The van der Waals surface area contributed by atoms with Gasteiger partial charge in [0.2, 0.25) is 0 Å². The van der Waals surface area contributed by atoms with Crippen LogP contribution in [0.3, 0.4) is 0 Å². The molecule has 0 aliphatic carbocycles. The largest absolute Gasteiger partial charge is 0.327 e. The number of nitrogens with two attached hydrogens (primary N) is 1. The molecule has 1 saturated heterocycles. The quantitative estimate of drug-likeness (QED) is 0.918. The number of rotatable bonds is 3. The fourth-order valence-corrected chi connectivity index (χ4v) is 3.36. The Kier molecular flexibility index (Phi) is 4.82. The molecule has 3 heteroatoms. The Bertz CT molecular complexity index is 439. The van der Waals surface area contributed by atoms with Crippen molar-refractivity contribution in [1.29, 1.82) is 0 Å². The van der Waals surface area contributed by atoms with Gasteiger partial charge in [0.05, 0.1) is 0 Å². The summed E-state index contributed by atoms with van der Waals surface area (Å²) in [4.78, 5) is 2.31. The summed E-state index contributed by atoms with van der Waals surface area (Å²) in [6.45, 7) is 9.38. The molecule has 2 rings (SSSR count). The summed E-state index contributed by atoms with van der Waals surface area (Å²) in [6.07, 6.45) is 2.26. The van der Waals surface area contributed by atoms with Crippen molar-refractivity contribution in [2.24, 2.45) is 17.1 Å². The second-order valence-electron chi connectivity index (χ2n) is 7.41. The van der Waals surface area contributed by atoms with Gasteiger partial charge in [-0.25, -0.2) is 4.39 Å². The van der Waals surface area contributed by atoms with Gasteiger partial charge in [-0.3, -0.25) is 4.90 Å². The maximum absolute atomic E-state index is 13.8. The molecule has 2 N–H and O–H groups in total. The van der Waals surface area contributed by atoms with Crippen molar-refractivity contribution in [1.82, 2.24) is 4.90 Å². The van der Waals surface area contributed by atoms with Crippen LogP contribution in [0.15, 0.2) is 24.3 Å². The fraction of sp³-hybridized carbons (Fsp3) is 0.647. The summed E-state index contributed by atoms with van der Waals surface area (Å²) < 4.78 is 13.8. The predicted molar refractivity (Wildman–Crippen MR) is 81.8 cm³/mol. The highest BCUT2D eigenvalue weighted by atomic mass is 19.1. The van der Waals surface area contributed by atoms with E-state index in [0.29, 0.717) is 17.9 Å². The first kappa shape index (κ1) is 15.5. The number of hydrogen-bond donors (Lipinski definition) is 1. The van der Waals surface area contributed by atoms with Crippen LogP contribution in [0.2, 0.25) is 0 Å². The number of piperidine rings is 1. The van der Waals surface area contributed by atoms with E-state index in [1.165, 1.54) is 12.5 Å². The second kappa shape index (κ2) is 6.23.